The highest BCUT2D eigenvalue weighted by molar-refractivity contribution is 8.00. The number of aryl methyl sites for hydroxylation is 1. The van der Waals surface area contributed by atoms with Crippen molar-refractivity contribution in [1.82, 2.24) is 14.9 Å². The number of nitrogens with one attached hydrogen (secondary N) is 1. The fourth-order valence-corrected chi connectivity index (χ4v) is 5.49. The lowest BCUT2D eigenvalue weighted by molar-refractivity contribution is -0.118. The molecular weight excluding hydrogens is 426 g/mol. The Bertz CT molecular complexity index is 1100. The van der Waals surface area contributed by atoms with Crippen LogP contribution in [0.5, 0.6) is 0 Å². The van der Waals surface area contributed by atoms with E-state index in [1.807, 2.05) is 48.5 Å². The maximum Gasteiger partial charge on any atom is 0.268 e. The Hall–Kier alpha value is -2.51. The molecule has 0 radical (unpaired) electrons. The van der Waals surface area contributed by atoms with Crippen molar-refractivity contribution in [2.24, 2.45) is 0 Å². The lowest BCUT2D eigenvalue weighted by Crippen LogP contribution is -2.28. The molecule has 2 aromatic carbocycles. The number of aromatic nitrogens is 2. The van der Waals surface area contributed by atoms with Gasteiger partial charge in [0.2, 0.25) is 5.91 Å². The number of carbonyl (C=O) groups is 1. The first-order valence-corrected chi connectivity index (χ1v) is 12.2. The summed E-state index contributed by atoms with van der Waals surface area (Å²) in [4.78, 5) is 31.1. The zero-order valence-corrected chi connectivity index (χ0v) is 19.0. The maximum atomic E-state index is 13.2. The average Bonchev–Trinajstić information content (AvgIpc) is 3.17. The van der Waals surface area contributed by atoms with E-state index in [2.05, 4.69) is 24.4 Å². The van der Waals surface area contributed by atoms with Gasteiger partial charge in [-0.15, -0.1) is 11.8 Å². The van der Waals surface area contributed by atoms with Gasteiger partial charge in [0.1, 0.15) is 0 Å². The van der Waals surface area contributed by atoms with Crippen molar-refractivity contribution in [2.75, 3.05) is 5.75 Å². The van der Waals surface area contributed by atoms with Gasteiger partial charge in [-0.2, -0.15) is 0 Å². The van der Waals surface area contributed by atoms with E-state index in [1.54, 1.807) is 16.3 Å². The minimum absolute atomic E-state index is 0.0162. The number of nitrogens with zero attached hydrogens (tertiary/aromatic N) is 2. The normalized spacial score (nSPS) is 14.9. The molecule has 0 fully saturated rings. The van der Waals surface area contributed by atoms with Crippen LogP contribution in [0.4, 0.5) is 0 Å². The number of hydrogen-bond donors (Lipinski definition) is 1. The number of hydrogen-bond acceptors (Lipinski definition) is 5. The van der Waals surface area contributed by atoms with Gasteiger partial charge in [0.05, 0.1) is 16.3 Å². The number of thioether (sulfide) groups is 2. The maximum absolute atomic E-state index is 13.2. The second-order valence-electron chi connectivity index (χ2n) is 7.55. The van der Waals surface area contributed by atoms with Gasteiger partial charge in [0, 0.05) is 24.8 Å². The Morgan fingerprint density at radius 2 is 1.81 bits per heavy atom. The molecule has 0 unspecified atom stereocenters. The molecule has 5 nitrogen and oxygen atoms in total. The predicted octanol–water partition coefficient (Wildman–Crippen LogP) is 3.93. The molecule has 7 heteroatoms. The fourth-order valence-electron chi connectivity index (χ4n) is 3.50. The molecule has 0 aliphatic carbocycles. The summed E-state index contributed by atoms with van der Waals surface area (Å²) in [5.41, 5.74) is 3.11. The molecule has 1 aliphatic heterocycles. The Labute approximate surface area is 190 Å². The highest BCUT2D eigenvalue weighted by atomic mass is 32.2. The lowest BCUT2D eigenvalue weighted by Gasteiger charge is -2.14. The Morgan fingerprint density at radius 1 is 1.13 bits per heavy atom. The van der Waals surface area contributed by atoms with Gasteiger partial charge in [-0.1, -0.05) is 79.3 Å². The summed E-state index contributed by atoms with van der Waals surface area (Å²) in [6.45, 7) is 3.16. The van der Waals surface area contributed by atoms with Crippen LogP contribution >= 0.6 is 23.5 Å². The largest absolute Gasteiger partial charge is 0.351 e. The molecule has 1 atom stereocenters. The third kappa shape index (κ3) is 5.60. The average molecular weight is 452 g/mol. The molecule has 1 aromatic heterocycles. The molecule has 0 bridgehead atoms. The van der Waals surface area contributed by atoms with Crippen molar-refractivity contribution in [3.8, 4) is 0 Å². The summed E-state index contributed by atoms with van der Waals surface area (Å²) in [5.74, 6) is 0.160. The fraction of sp³-hybridized carbons (Fsp3) is 0.292. The number of amides is 1. The first-order chi connectivity index (χ1) is 15.1. The van der Waals surface area contributed by atoms with Crippen molar-refractivity contribution in [3.63, 3.8) is 0 Å². The first-order valence-electron chi connectivity index (χ1n) is 10.4. The van der Waals surface area contributed by atoms with Crippen molar-refractivity contribution < 1.29 is 4.79 Å². The van der Waals surface area contributed by atoms with Gasteiger partial charge in [-0.25, -0.2) is 4.98 Å². The van der Waals surface area contributed by atoms with Gasteiger partial charge < -0.3 is 5.32 Å². The molecule has 3 aromatic rings. The SMILES string of the molecule is C[C@H]1Cc2nc(SCC(=O)NCc3ccccc3)n(CCc3ccccc3)c(=O)c2S1. The molecule has 1 aliphatic rings. The van der Waals surface area contributed by atoms with Crippen LogP contribution in [0.1, 0.15) is 23.7 Å². The molecule has 1 N–H and O–H groups in total. The number of rotatable bonds is 8. The van der Waals surface area contributed by atoms with E-state index in [9.17, 15) is 9.59 Å². The summed E-state index contributed by atoms with van der Waals surface area (Å²) in [6, 6.07) is 19.9. The molecule has 4 rings (SSSR count). The van der Waals surface area contributed by atoms with Gasteiger partial charge in [0.25, 0.3) is 5.56 Å². The van der Waals surface area contributed by atoms with Crippen LogP contribution in [0.15, 0.2) is 75.5 Å². The molecule has 0 saturated heterocycles. The minimum Gasteiger partial charge on any atom is -0.351 e. The van der Waals surface area contributed by atoms with Crippen LogP contribution in [-0.4, -0.2) is 26.5 Å². The third-order valence-electron chi connectivity index (χ3n) is 5.09. The van der Waals surface area contributed by atoms with Crippen LogP contribution in [0, 0.1) is 0 Å². The van der Waals surface area contributed by atoms with E-state index in [4.69, 9.17) is 4.98 Å². The van der Waals surface area contributed by atoms with E-state index in [0.717, 1.165) is 29.0 Å². The van der Waals surface area contributed by atoms with Crippen molar-refractivity contribution in [2.45, 2.75) is 48.2 Å². The lowest BCUT2D eigenvalue weighted by atomic mass is 10.1. The molecule has 2 heterocycles. The zero-order chi connectivity index (χ0) is 21.6. The highest BCUT2D eigenvalue weighted by Gasteiger charge is 2.26. The van der Waals surface area contributed by atoms with E-state index >= 15 is 0 Å². The quantitative estimate of drug-likeness (QED) is 0.415. The second-order valence-corrected chi connectivity index (χ2v) is 9.94. The van der Waals surface area contributed by atoms with Gasteiger partial charge >= 0.3 is 0 Å². The van der Waals surface area contributed by atoms with E-state index in [1.165, 1.54) is 17.3 Å². The summed E-state index contributed by atoms with van der Waals surface area (Å²) < 4.78 is 1.74. The van der Waals surface area contributed by atoms with Crippen LogP contribution < -0.4 is 10.9 Å². The predicted molar refractivity (Wildman–Crippen MR) is 127 cm³/mol. The zero-order valence-electron chi connectivity index (χ0n) is 17.4. The van der Waals surface area contributed by atoms with Gasteiger partial charge in [-0.3, -0.25) is 14.2 Å². The summed E-state index contributed by atoms with van der Waals surface area (Å²) in [7, 11) is 0. The molecule has 31 heavy (non-hydrogen) atoms. The monoisotopic (exact) mass is 451 g/mol. The van der Waals surface area contributed by atoms with Crippen molar-refractivity contribution in [3.05, 3.63) is 87.8 Å². The Balaban J connectivity index is 1.47. The van der Waals surface area contributed by atoms with Crippen LogP contribution in [-0.2, 0) is 30.7 Å². The summed E-state index contributed by atoms with van der Waals surface area (Å²) >= 11 is 2.95. The van der Waals surface area contributed by atoms with E-state index in [0.29, 0.717) is 23.5 Å². The first kappa shape index (κ1) is 21.7. The molecular formula is C24H25N3O2S2. The van der Waals surface area contributed by atoms with E-state index < -0.39 is 0 Å². The van der Waals surface area contributed by atoms with Crippen LogP contribution in [0.25, 0.3) is 0 Å². The molecule has 0 spiro atoms. The third-order valence-corrected chi connectivity index (χ3v) is 7.29. The topological polar surface area (TPSA) is 64.0 Å². The number of carbonyl (C=O) groups excluding carboxylic acids is 1. The molecule has 1 amide bonds. The van der Waals surface area contributed by atoms with Crippen LogP contribution in [0.2, 0.25) is 0 Å². The standard InChI is InChI=1S/C24H25N3O2S2/c1-17-14-20-22(31-17)23(29)27(13-12-18-8-4-2-5-9-18)24(26-20)30-16-21(28)25-15-19-10-6-3-7-11-19/h2-11,17H,12-16H2,1H3,(H,25,28)/t17-/m0/s1. The van der Waals surface area contributed by atoms with Gasteiger partial charge in [0.15, 0.2) is 5.16 Å². The van der Waals surface area contributed by atoms with Crippen molar-refractivity contribution >= 4 is 29.4 Å². The van der Waals surface area contributed by atoms with Crippen molar-refractivity contribution in [1.29, 1.82) is 0 Å². The Kier molecular flexibility index (Phi) is 7.14. The molecule has 160 valence electrons. The number of fused-ring (bicyclic) bond motifs is 1. The highest BCUT2D eigenvalue weighted by Crippen LogP contribution is 2.34. The summed E-state index contributed by atoms with van der Waals surface area (Å²) in [6.07, 6.45) is 1.54. The number of benzene rings is 2. The van der Waals surface area contributed by atoms with Gasteiger partial charge in [-0.05, 0) is 17.5 Å². The minimum atomic E-state index is -0.0686. The molecule has 0 saturated carbocycles. The Morgan fingerprint density at radius 3 is 2.52 bits per heavy atom. The second kappa shape index (κ2) is 10.2. The van der Waals surface area contributed by atoms with Crippen LogP contribution in [0.3, 0.4) is 0 Å². The smallest absolute Gasteiger partial charge is 0.268 e. The van der Waals surface area contributed by atoms with E-state index in [-0.39, 0.29) is 17.2 Å². The summed E-state index contributed by atoms with van der Waals surface area (Å²) in [5, 5.41) is 3.92.